The molecule has 1 aromatic carbocycles. The van der Waals surface area contributed by atoms with E-state index < -0.39 is 48.3 Å². The molecule has 2 rings (SSSR count). The smallest absolute Gasteiger partial charge is 0.409 e. The van der Waals surface area contributed by atoms with Gasteiger partial charge in [-0.3, -0.25) is 15.0 Å². The summed E-state index contributed by atoms with van der Waals surface area (Å²) in [6, 6.07) is 2.15. The molecule has 1 amide bonds. The second kappa shape index (κ2) is 6.95. The number of amides is 1. The number of non-ortho nitro benzene ring substituents is 1. The van der Waals surface area contributed by atoms with E-state index in [1.54, 1.807) is 0 Å². The molecule has 25 heavy (non-hydrogen) atoms. The van der Waals surface area contributed by atoms with Crippen molar-refractivity contribution in [1.82, 2.24) is 4.90 Å². The monoisotopic (exact) mass is 362 g/mol. The molecular weight excluding hydrogens is 349 g/mol. The van der Waals surface area contributed by atoms with Crippen molar-refractivity contribution in [3.63, 3.8) is 0 Å². The summed E-state index contributed by atoms with van der Waals surface area (Å²) in [5.41, 5.74) is -0.293. The van der Waals surface area contributed by atoms with Gasteiger partial charge in [-0.15, -0.1) is 0 Å². The molecule has 1 aliphatic heterocycles. The Labute approximate surface area is 138 Å². The van der Waals surface area contributed by atoms with Crippen LogP contribution in [-0.2, 0) is 4.74 Å². The van der Waals surface area contributed by atoms with Crippen LogP contribution >= 0.6 is 0 Å². The predicted octanol–water partition coefficient (Wildman–Crippen LogP) is 2.82. The first kappa shape index (κ1) is 18.5. The van der Waals surface area contributed by atoms with E-state index in [0.717, 1.165) is 24.3 Å². The van der Waals surface area contributed by atoms with Crippen LogP contribution in [0.15, 0.2) is 24.3 Å². The van der Waals surface area contributed by atoms with Crippen LogP contribution in [-0.4, -0.2) is 51.9 Å². The fourth-order valence-electron chi connectivity index (χ4n) is 2.52. The number of piperidine rings is 1. The van der Waals surface area contributed by atoms with Crippen molar-refractivity contribution in [2.75, 3.05) is 6.54 Å². The molecule has 1 heterocycles. The number of likely N-dealkylation sites (tertiary alicyclic amines) is 1. The maximum atomic E-state index is 13.0. The summed E-state index contributed by atoms with van der Waals surface area (Å²) in [4.78, 5) is 33.0. The Bertz CT molecular complexity index is 676. The number of hydrogen-bond donors (Lipinski definition) is 1. The van der Waals surface area contributed by atoms with Gasteiger partial charge < -0.3 is 9.84 Å². The number of nitro benzene ring substituents is 1. The summed E-state index contributed by atoms with van der Waals surface area (Å²) >= 11 is 0. The van der Waals surface area contributed by atoms with E-state index >= 15 is 0 Å². The van der Waals surface area contributed by atoms with Crippen LogP contribution in [0.5, 0.6) is 0 Å². The van der Waals surface area contributed by atoms with E-state index in [1.807, 2.05) is 0 Å². The minimum absolute atomic E-state index is 0.0465. The first-order chi connectivity index (χ1) is 11.6. The highest BCUT2D eigenvalue weighted by Gasteiger charge is 2.49. The summed E-state index contributed by atoms with van der Waals surface area (Å²) in [7, 11) is 0. The highest BCUT2D eigenvalue weighted by atomic mass is 19.4. The summed E-state index contributed by atoms with van der Waals surface area (Å²) in [6.45, 7) is -0.419. The van der Waals surface area contributed by atoms with Crippen molar-refractivity contribution in [3.05, 3.63) is 39.9 Å². The van der Waals surface area contributed by atoms with E-state index in [-0.39, 0.29) is 22.6 Å². The largest absolute Gasteiger partial charge is 0.465 e. The van der Waals surface area contributed by atoms with Crippen molar-refractivity contribution < 1.29 is 37.5 Å². The number of nitrogens with zero attached hydrogens (tertiary/aromatic N) is 2. The maximum absolute atomic E-state index is 13.0. The number of nitro groups is 1. The molecule has 136 valence electrons. The lowest BCUT2D eigenvalue weighted by Gasteiger charge is -2.38. The molecule has 2 atom stereocenters. The van der Waals surface area contributed by atoms with Gasteiger partial charge in [0.05, 0.1) is 10.5 Å². The van der Waals surface area contributed by atoms with Gasteiger partial charge in [-0.25, -0.2) is 9.59 Å². The van der Waals surface area contributed by atoms with Crippen LogP contribution in [0.4, 0.5) is 23.7 Å². The lowest BCUT2D eigenvalue weighted by Crippen LogP contribution is -2.54. The Morgan fingerprint density at radius 1 is 1.28 bits per heavy atom. The molecule has 0 unspecified atom stereocenters. The number of carboxylic acid groups (broad SMARTS) is 1. The number of carbonyl (C=O) groups excluding carboxylic acids is 1. The predicted molar refractivity (Wildman–Crippen MR) is 76.1 cm³/mol. The molecule has 8 nitrogen and oxygen atoms in total. The average Bonchev–Trinajstić information content (AvgIpc) is 2.53. The highest BCUT2D eigenvalue weighted by molar-refractivity contribution is 5.89. The number of halogens is 3. The molecule has 1 aliphatic rings. The van der Waals surface area contributed by atoms with E-state index in [1.165, 1.54) is 0 Å². The van der Waals surface area contributed by atoms with Crippen LogP contribution in [0, 0.1) is 10.1 Å². The van der Waals surface area contributed by atoms with Gasteiger partial charge in [-0.2, -0.15) is 13.2 Å². The number of rotatable bonds is 3. The fraction of sp³-hybridized carbons (Fsp3) is 0.429. The SMILES string of the molecule is O=C(O[C@@H]1CCN(C(=O)O)[C@@H](C(F)(F)F)C1)c1ccc([N+](=O)[O-])cc1. The van der Waals surface area contributed by atoms with Crippen LogP contribution < -0.4 is 0 Å². The van der Waals surface area contributed by atoms with Gasteiger partial charge in [0, 0.05) is 31.5 Å². The van der Waals surface area contributed by atoms with E-state index in [0.29, 0.717) is 0 Å². The van der Waals surface area contributed by atoms with Crippen molar-refractivity contribution in [2.24, 2.45) is 0 Å². The number of benzene rings is 1. The van der Waals surface area contributed by atoms with Gasteiger partial charge in [0.1, 0.15) is 12.1 Å². The van der Waals surface area contributed by atoms with Crippen molar-refractivity contribution in [3.8, 4) is 0 Å². The zero-order valence-electron chi connectivity index (χ0n) is 12.6. The Balaban J connectivity index is 2.06. The van der Waals surface area contributed by atoms with Crippen LogP contribution in [0.25, 0.3) is 0 Å². The molecular formula is C14H13F3N2O6. The molecule has 11 heteroatoms. The fourth-order valence-corrected chi connectivity index (χ4v) is 2.52. The molecule has 0 bridgehead atoms. The second-order valence-corrected chi connectivity index (χ2v) is 5.39. The van der Waals surface area contributed by atoms with Gasteiger partial charge in [0.25, 0.3) is 5.69 Å². The molecule has 0 radical (unpaired) electrons. The zero-order valence-corrected chi connectivity index (χ0v) is 12.6. The topological polar surface area (TPSA) is 110 Å². The molecule has 0 saturated carbocycles. The third kappa shape index (κ3) is 4.37. The number of carbonyl (C=O) groups is 2. The number of hydrogen-bond acceptors (Lipinski definition) is 5. The van der Waals surface area contributed by atoms with E-state index in [4.69, 9.17) is 9.84 Å². The molecule has 1 fully saturated rings. The Hall–Kier alpha value is -2.85. The third-order valence-electron chi connectivity index (χ3n) is 3.77. The van der Waals surface area contributed by atoms with Gasteiger partial charge in [0.15, 0.2) is 0 Å². The minimum atomic E-state index is -4.78. The Kier molecular flexibility index (Phi) is 5.14. The second-order valence-electron chi connectivity index (χ2n) is 5.39. The Morgan fingerprint density at radius 2 is 1.88 bits per heavy atom. The quantitative estimate of drug-likeness (QED) is 0.503. The zero-order chi connectivity index (χ0) is 18.8. The molecule has 1 N–H and O–H groups in total. The van der Waals surface area contributed by atoms with Gasteiger partial charge >= 0.3 is 18.2 Å². The molecule has 1 saturated heterocycles. The van der Waals surface area contributed by atoms with Crippen LogP contribution in [0.2, 0.25) is 0 Å². The molecule has 0 aliphatic carbocycles. The lowest BCUT2D eigenvalue weighted by molar-refractivity contribution is -0.384. The maximum Gasteiger partial charge on any atom is 0.409 e. The molecule has 0 aromatic heterocycles. The first-order valence-corrected chi connectivity index (χ1v) is 7.11. The summed E-state index contributed by atoms with van der Waals surface area (Å²) in [5, 5.41) is 19.4. The van der Waals surface area contributed by atoms with Gasteiger partial charge in [0.2, 0.25) is 0 Å². The molecule has 0 spiro atoms. The van der Waals surface area contributed by atoms with Crippen LogP contribution in [0.1, 0.15) is 23.2 Å². The van der Waals surface area contributed by atoms with Crippen LogP contribution in [0.3, 0.4) is 0 Å². The van der Waals surface area contributed by atoms with Crippen molar-refractivity contribution >= 4 is 17.7 Å². The van der Waals surface area contributed by atoms with Crippen molar-refractivity contribution in [2.45, 2.75) is 31.2 Å². The first-order valence-electron chi connectivity index (χ1n) is 7.11. The standard InChI is InChI=1S/C14H13F3N2O6/c15-14(16,17)11-7-10(5-6-18(11)13(21)22)25-12(20)8-1-3-9(4-2-8)19(23)24/h1-4,10-11H,5-7H2,(H,21,22)/t10-,11-/m1/s1. The van der Waals surface area contributed by atoms with E-state index in [2.05, 4.69) is 0 Å². The van der Waals surface area contributed by atoms with E-state index in [9.17, 15) is 32.9 Å². The number of ether oxygens (including phenoxy) is 1. The van der Waals surface area contributed by atoms with Gasteiger partial charge in [-0.05, 0) is 12.1 Å². The highest BCUT2D eigenvalue weighted by Crippen LogP contribution is 2.33. The van der Waals surface area contributed by atoms with Crippen molar-refractivity contribution in [1.29, 1.82) is 0 Å². The third-order valence-corrected chi connectivity index (χ3v) is 3.77. The number of esters is 1. The normalized spacial score (nSPS) is 20.8. The average molecular weight is 362 g/mol. The summed E-state index contributed by atoms with van der Waals surface area (Å²) in [5.74, 6) is -0.926. The summed E-state index contributed by atoms with van der Waals surface area (Å²) in [6.07, 6.45) is -8.35. The summed E-state index contributed by atoms with van der Waals surface area (Å²) < 4.78 is 44.0. The lowest BCUT2D eigenvalue weighted by atomic mass is 9.99. The number of alkyl halides is 3. The minimum Gasteiger partial charge on any atom is -0.465 e. The van der Waals surface area contributed by atoms with Gasteiger partial charge in [-0.1, -0.05) is 0 Å². The Morgan fingerprint density at radius 3 is 2.36 bits per heavy atom. The molecule has 1 aromatic rings.